The number of halogens is 1. The molecule has 0 aromatic heterocycles. The lowest BCUT2D eigenvalue weighted by Crippen LogP contribution is -2.53. The molecular formula is C20H28FN3O3. The Morgan fingerprint density at radius 2 is 2.00 bits per heavy atom. The van der Waals surface area contributed by atoms with E-state index in [0.717, 1.165) is 38.8 Å². The van der Waals surface area contributed by atoms with Gasteiger partial charge in [0.2, 0.25) is 5.91 Å². The highest BCUT2D eigenvalue weighted by molar-refractivity contribution is 5.89. The second kappa shape index (κ2) is 8.69. The number of ether oxygens (including phenoxy) is 1. The van der Waals surface area contributed by atoms with Crippen LogP contribution < -0.4 is 5.32 Å². The van der Waals surface area contributed by atoms with Gasteiger partial charge in [-0.05, 0) is 43.2 Å². The van der Waals surface area contributed by atoms with Crippen molar-refractivity contribution in [2.24, 2.45) is 5.41 Å². The minimum absolute atomic E-state index is 0.0930. The number of nitrogens with one attached hydrogen (secondary N) is 1. The van der Waals surface area contributed by atoms with Crippen molar-refractivity contribution < 1.29 is 18.7 Å². The van der Waals surface area contributed by atoms with Gasteiger partial charge in [-0.15, -0.1) is 0 Å². The molecule has 3 rings (SSSR count). The molecule has 2 fully saturated rings. The highest BCUT2D eigenvalue weighted by atomic mass is 19.1. The number of piperidine rings is 2. The van der Waals surface area contributed by atoms with Crippen LogP contribution in [-0.2, 0) is 9.53 Å². The number of nitrogens with zero attached hydrogens (tertiary/aromatic N) is 2. The normalized spacial score (nSPS) is 19.4. The maximum atomic E-state index is 13.7. The van der Waals surface area contributed by atoms with E-state index < -0.39 is 5.82 Å². The quantitative estimate of drug-likeness (QED) is 0.802. The van der Waals surface area contributed by atoms with Gasteiger partial charge in [-0.2, -0.15) is 0 Å². The highest BCUT2D eigenvalue weighted by Crippen LogP contribution is 2.40. The molecule has 1 aromatic rings. The smallest absolute Gasteiger partial charge is 0.321 e. The molecule has 0 aliphatic carbocycles. The van der Waals surface area contributed by atoms with Gasteiger partial charge in [0.25, 0.3) is 0 Å². The zero-order valence-electron chi connectivity index (χ0n) is 15.9. The summed E-state index contributed by atoms with van der Waals surface area (Å²) in [6, 6.07) is 5.92. The second-order valence-electron chi connectivity index (χ2n) is 7.56. The number of methoxy groups -OCH3 is 1. The molecular weight excluding hydrogens is 349 g/mol. The van der Waals surface area contributed by atoms with Crippen LogP contribution in [0.4, 0.5) is 14.9 Å². The molecule has 7 heteroatoms. The van der Waals surface area contributed by atoms with Crippen molar-refractivity contribution in [3.05, 3.63) is 30.1 Å². The van der Waals surface area contributed by atoms with Gasteiger partial charge < -0.3 is 19.9 Å². The molecule has 148 valence electrons. The van der Waals surface area contributed by atoms with Gasteiger partial charge in [0.1, 0.15) is 5.82 Å². The third kappa shape index (κ3) is 4.77. The molecule has 0 bridgehead atoms. The van der Waals surface area contributed by atoms with E-state index in [2.05, 4.69) is 5.32 Å². The first kappa shape index (κ1) is 19.6. The van der Waals surface area contributed by atoms with Crippen molar-refractivity contribution in [1.82, 2.24) is 9.80 Å². The topological polar surface area (TPSA) is 61.9 Å². The predicted octanol–water partition coefficient (Wildman–Crippen LogP) is 3.10. The summed E-state index contributed by atoms with van der Waals surface area (Å²) in [5.74, 6) is -0.215. The number of urea groups is 1. The number of rotatable bonds is 5. The first-order valence-electron chi connectivity index (χ1n) is 9.60. The van der Waals surface area contributed by atoms with Crippen LogP contribution >= 0.6 is 0 Å². The number of amides is 3. The first-order chi connectivity index (χ1) is 13.0. The standard InChI is InChI=1S/C20H28FN3O3/c1-27-14-4-11-24-15-20(8-7-18(24)25)9-12-23(13-10-20)19(26)22-17-6-3-2-5-16(17)21/h2-3,5-6H,4,7-15H2,1H3,(H,22,26). The molecule has 1 aromatic carbocycles. The molecule has 2 saturated heterocycles. The zero-order valence-corrected chi connectivity index (χ0v) is 15.9. The van der Waals surface area contributed by atoms with Gasteiger partial charge >= 0.3 is 6.03 Å². The number of carbonyl (C=O) groups excluding carboxylic acids is 2. The van der Waals surface area contributed by atoms with Crippen molar-refractivity contribution in [1.29, 1.82) is 0 Å². The average Bonchev–Trinajstić information content (AvgIpc) is 2.67. The van der Waals surface area contributed by atoms with Gasteiger partial charge in [0.15, 0.2) is 0 Å². The third-order valence-corrected chi connectivity index (χ3v) is 5.75. The molecule has 27 heavy (non-hydrogen) atoms. The van der Waals surface area contributed by atoms with Crippen molar-refractivity contribution >= 4 is 17.6 Å². The van der Waals surface area contributed by atoms with Crippen LogP contribution in [-0.4, -0.2) is 61.6 Å². The second-order valence-corrected chi connectivity index (χ2v) is 7.56. The highest BCUT2D eigenvalue weighted by Gasteiger charge is 2.41. The summed E-state index contributed by atoms with van der Waals surface area (Å²) >= 11 is 0. The molecule has 0 atom stereocenters. The van der Waals surface area contributed by atoms with E-state index in [9.17, 15) is 14.0 Å². The minimum atomic E-state index is -0.433. The molecule has 1 N–H and O–H groups in total. The molecule has 2 aliphatic rings. The lowest BCUT2D eigenvalue weighted by molar-refractivity contribution is -0.139. The van der Waals surface area contributed by atoms with E-state index in [1.54, 1.807) is 30.2 Å². The number of para-hydroxylation sites is 1. The van der Waals surface area contributed by atoms with E-state index in [1.807, 2.05) is 4.90 Å². The van der Waals surface area contributed by atoms with Crippen LogP contribution in [0.1, 0.15) is 32.1 Å². The van der Waals surface area contributed by atoms with Crippen LogP contribution in [0.25, 0.3) is 0 Å². The number of carbonyl (C=O) groups is 2. The van der Waals surface area contributed by atoms with Gasteiger partial charge in [0, 0.05) is 46.3 Å². The Labute approximate surface area is 159 Å². The summed E-state index contributed by atoms with van der Waals surface area (Å²) in [4.78, 5) is 28.3. The largest absolute Gasteiger partial charge is 0.385 e. The first-order valence-corrected chi connectivity index (χ1v) is 9.60. The van der Waals surface area contributed by atoms with Crippen LogP contribution in [0, 0.1) is 11.2 Å². The third-order valence-electron chi connectivity index (χ3n) is 5.75. The van der Waals surface area contributed by atoms with Crippen LogP contribution in [0.2, 0.25) is 0 Å². The maximum Gasteiger partial charge on any atom is 0.321 e. The van der Waals surface area contributed by atoms with Crippen molar-refractivity contribution in [2.45, 2.75) is 32.1 Å². The molecule has 1 spiro atoms. The number of likely N-dealkylation sites (tertiary alicyclic amines) is 2. The summed E-state index contributed by atoms with van der Waals surface area (Å²) in [5, 5.41) is 2.66. The van der Waals surface area contributed by atoms with Gasteiger partial charge in [-0.25, -0.2) is 9.18 Å². The van der Waals surface area contributed by atoms with Crippen LogP contribution in [0.5, 0.6) is 0 Å². The van der Waals surface area contributed by atoms with E-state index in [1.165, 1.54) is 6.07 Å². The van der Waals surface area contributed by atoms with E-state index in [0.29, 0.717) is 26.1 Å². The fraction of sp³-hybridized carbons (Fsp3) is 0.600. The van der Waals surface area contributed by atoms with Crippen molar-refractivity contribution in [2.75, 3.05) is 45.2 Å². The number of hydrogen-bond acceptors (Lipinski definition) is 3. The Bertz CT molecular complexity index is 674. The molecule has 0 radical (unpaired) electrons. The fourth-order valence-electron chi connectivity index (χ4n) is 4.05. The number of benzene rings is 1. The lowest BCUT2D eigenvalue weighted by Gasteiger charge is -2.47. The predicted molar refractivity (Wildman–Crippen MR) is 101 cm³/mol. The van der Waals surface area contributed by atoms with E-state index in [-0.39, 0.29) is 23.0 Å². The minimum Gasteiger partial charge on any atom is -0.385 e. The van der Waals surface area contributed by atoms with Crippen LogP contribution in [0.15, 0.2) is 24.3 Å². The molecule has 3 amide bonds. The van der Waals surface area contributed by atoms with Crippen LogP contribution in [0.3, 0.4) is 0 Å². The van der Waals surface area contributed by atoms with Gasteiger partial charge in [-0.1, -0.05) is 12.1 Å². The Kier molecular flexibility index (Phi) is 6.31. The Balaban J connectivity index is 1.53. The molecule has 0 unspecified atom stereocenters. The number of anilines is 1. The van der Waals surface area contributed by atoms with Crippen molar-refractivity contribution in [3.8, 4) is 0 Å². The van der Waals surface area contributed by atoms with E-state index in [4.69, 9.17) is 4.74 Å². The summed E-state index contributed by atoms with van der Waals surface area (Å²) in [5.41, 5.74) is 0.297. The summed E-state index contributed by atoms with van der Waals surface area (Å²) in [7, 11) is 1.67. The van der Waals surface area contributed by atoms with E-state index >= 15 is 0 Å². The summed E-state index contributed by atoms with van der Waals surface area (Å²) in [6.07, 6.45) is 4.04. The average molecular weight is 377 g/mol. The van der Waals surface area contributed by atoms with Gasteiger partial charge in [-0.3, -0.25) is 4.79 Å². The SMILES string of the molecule is COCCCN1CC2(CCC1=O)CCN(C(=O)Nc1ccccc1F)CC2. The fourth-order valence-corrected chi connectivity index (χ4v) is 4.05. The molecule has 0 saturated carbocycles. The lowest BCUT2D eigenvalue weighted by atomic mass is 9.72. The zero-order chi connectivity index (χ0) is 19.3. The monoisotopic (exact) mass is 377 g/mol. The summed E-state index contributed by atoms with van der Waals surface area (Å²) < 4.78 is 18.8. The molecule has 2 heterocycles. The summed E-state index contributed by atoms with van der Waals surface area (Å²) in [6.45, 7) is 3.39. The Hall–Kier alpha value is -2.15. The molecule has 6 nitrogen and oxygen atoms in total. The Morgan fingerprint density at radius 3 is 2.70 bits per heavy atom. The number of hydrogen-bond donors (Lipinski definition) is 1. The van der Waals surface area contributed by atoms with Gasteiger partial charge in [0.05, 0.1) is 5.69 Å². The van der Waals surface area contributed by atoms with Crippen molar-refractivity contribution in [3.63, 3.8) is 0 Å². The maximum absolute atomic E-state index is 13.7. The Morgan fingerprint density at radius 1 is 1.26 bits per heavy atom. The molecule has 2 aliphatic heterocycles.